The minimum absolute atomic E-state index is 0.0861. The molecule has 1 aromatic heterocycles. The Balaban J connectivity index is 1.53. The lowest BCUT2D eigenvalue weighted by molar-refractivity contribution is -0.0661. The van der Waals surface area contributed by atoms with Gasteiger partial charge in [-0.15, -0.1) is 0 Å². The van der Waals surface area contributed by atoms with Gasteiger partial charge in [-0.05, 0) is 19.8 Å². The van der Waals surface area contributed by atoms with Crippen LogP contribution in [0.1, 0.15) is 58.6 Å². The van der Waals surface area contributed by atoms with Crippen LogP contribution in [0.25, 0.3) is 0 Å². The highest BCUT2D eigenvalue weighted by atomic mass is 19.3. The second-order valence-electron chi connectivity index (χ2n) is 9.61. The molecule has 3 aliphatic rings. The summed E-state index contributed by atoms with van der Waals surface area (Å²) in [5, 5.41) is 6.05. The summed E-state index contributed by atoms with van der Waals surface area (Å²) in [5.41, 5.74) is -5.05. The Morgan fingerprint density at radius 3 is 2.51 bits per heavy atom. The monoisotopic (exact) mass is 524 g/mol. The molecule has 0 saturated carbocycles. The molecule has 1 spiro atoms. The van der Waals surface area contributed by atoms with E-state index >= 15 is 0 Å². The smallest absolute Gasteiger partial charge is 0.271 e. The highest BCUT2D eigenvalue weighted by Crippen LogP contribution is 2.48. The first-order valence-corrected chi connectivity index (χ1v) is 11.4. The van der Waals surface area contributed by atoms with Crippen LogP contribution in [-0.2, 0) is 11.4 Å². The number of benzene rings is 1. The molecule has 4 heterocycles. The maximum absolute atomic E-state index is 14.2. The third-order valence-corrected chi connectivity index (χ3v) is 7.51. The van der Waals surface area contributed by atoms with Gasteiger partial charge in [0, 0.05) is 55.7 Å². The first-order valence-electron chi connectivity index (χ1n) is 11.4. The highest BCUT2D eigenvalue weighted by molar-refractivity contribution is 5.97. The van der Waals surface area contributed by atoms with E-state index < -0.39 is 76.0 Å². The zero-order valence-electron chi connectivity index (χ0n) is 19.4. The molecule has 13 heteroatoms. The number of amides is 2. The molecule has 3 atom stereocenters. The van der Waals surface area contributed by atoms with Crippen molar-refractivity contribution in [2.75, 3.05) is 6.54 Å². The van der Waals surface area contributed by atoms with E-state index in [0.717, 1.165) is 17.2 Å². The van der Waals surface area contributed by atoms with E-state index in [0.29, 0.717) is 12.1 Å². The van der Waals surface area contributed by atoms with Crippen molar-refractivity contribution in [2.45, 2.75) is 56.3 Å². The standard InChI is InChI=1S/C24H21F5N4O4/c1-23(22(28)29)2-3-24(4-5-31-37-24)19-11-33(23)21(36)17-8-18(34)14(10-32(17)19)20(35)30-9-13-15(26)6-12(25)7-16(13)27/h5-8,10,19,22H,2-4,9,11H2,1H3,(H,30,35). The molecule has 0 radical (unpaired) electrons. The number of nitrogens with one attached hydrogen (secondary N) is 1. The number of oxime groups is 1. The second-order valence-corrected chi connectivity index (χ2v) is 9.61. The van der Waals surface area contributed by atoms with Gasteiger partial charge < -0.3 is 19.6 Å². The van der Waals surface area contributed by atoms with Crippen molar-refractivity contribution in [3.8, 4) is 0 Å². The van der Waals surface area contributed by atoms with Gasteiger partial charge in [0.2, 0.25) is 0 Å². The predicted octanol–water partition coefficient (Wildman–Crippen LogP) is 3.16. The van der Waals surface area contributed by atoms with Crippen LogP contribution in [0, 0.1) is 17.5 Å². The topological polar surface area (TPSA) is 93.0 Å². The van der Waals surface area contributed by atoms with Crippen molar-refractivity contribution in [2.24, 2.45) is 5.16 Å². The molecule has 3 aliphatic heterocycles. The summed E-state index contributed by atoms with van der Waals surface area (Å²) in [5.74, 6) is -5.36. The van der Waals surface area contributed by atoms with Crippen LogP contribution >= 0.6 is 0 Å². The van der Waals surface area contributed by atoms with Crippen LogP contribution in [0.2, 0.25) is 0 Å². The minimum Gasteiger partial charge on any atom is -0.387 e. The molecule has 37 heavy (non-hydrogen) atoms. The Bertz CT molecular complexity index is 1360. The number of halogens is 5. The number of carbonyl (C=O) groups excluding carboxylic acids is 2. The highest BCUT2D eigenvalue weighted by Gasteiger charge is 2.58. The number of fused-ring (bicyclic) bond motifs is 5. The largest absolute Gasteiger partial charge is 0.387 e. The summed E-state index contributed by atoms with van der Waals surface area (Å²) in [7, 11) is 0. The molecular weight excluding hydrogens is 503 g/mol. The molecule has 2 amide bonds. The van der Waals surface area contributed by atoms with Gasteiger partial charge in [0.05, 0.1) is 6.04 Å². The summed E-state index contributed by atoms with van der Waals surface area (Å²) >= 11 is 0. The van der Waals surface area contributed by atoms with Crippen molar-refractivity contribution in [1.29, 1.82) is 0 Å². The van der Waals surface area contributed by atoms with Crippen molar-refractivity contribution in [1.82, 2.24) is 14.8 Å². The molecule has 196 valence electrons. The Labute approximate surface area is 206 Å². The normalized spacial score (nSPS) is 26.3. The number of pyridine rings is 1. The fourth-order valence-electron chi connectivity index (χ4n) is 5.21. The molecule has 2 bridgehead atoms. The molecule has 8 nitrogen and oxygen atoms in total. The average Bonchev–Trinajstić information content (AvgIpc) is 3.27. The van der Waals surface area contributed by atoms with Gasteiger partial charge in [-0.25, -0.2) is 22.0 Å². The van der Waals surface area contributed by atoms with Gasteiger partial charge >= 0.3 is 0 Å². The SMILES string of the molecule is CC1(C(F)F)CCC2(CC=NO2)C2CN1C(=O)c1cc(=O)c(C(=O)NCc3c(F)cc(F)cc3F)cn12. The van der Waals surface area contributed by atoms with E-state index in [1.54, 1.807) is 0 Å². The number of alkyl halides is 2. The molecule has 1 N–H and O–H groups in total. The number of carbonyl (C=O) groups is 2. The third-order valence-electron chi connectivity index (χ3n) is 7.51. The van der Waals surface area contributed by atoms with Crippen LogP contribution in [0.15, 0.2) is 34.3 Å². The Kier molecular flexibility index (Phi) is 5.83. The van der Waals surface area contributed by atoms with E-state index in [1.165, 1.54) is 17.7 Å². The molecule has 5 rings (SSSR count). The van der Waals surface area contributed by atoms with Crippen LogP contribution in [-0.4, -0.2) is 51.6 Å². The zero-order valence-corrected chi connectivity index (χ0v) is 19.4. The van der Waals surface area contributed by atoms with Gasteiger partial charge in [-0.3, -0.25) is 14.4 Å². The fourth-order valence-corrected chi connectivity index (χ4v) is 5.21. The molecule has 3 unspecified atom stereocenters. The quantitative estimate of drug-likeness (QED) is 0.622. The van der Waals surface area contributed by atoms with Gasteiger partial charge in [0.25, 0.3) is 18.2 Å². The summed E-state index contributed by atoms with van der Waals surface area (Å²) < 4.78 is 70.8. The maximum Gasteiger partial charge on any atom is 0.271 e. The lowest BCUT2D eigenvalue weighted by Crippen LogP contribution is -2.58. The summed E-state index contributed by atoms with van der Waals surface area (Å²) in [4.78, 5) is 45.7. The fraction of sp³-hybridized carbons (Fsp3) is 0.417. The molecule has 0 aliphatic carbocycles. The van der Waals surface area contributed by atoms with E-state index in [4.69, 9.17) is 4.84 Å². The van der Waals surface area contributed by atoms with E-state index in [9.17, 15) is 36.3 Å². The van der Waals surface area contributed by atoms with Gasteiger partial charge in [-0.2, -0.15) is 0 Å². The number of aromatic nitrogens is 1. The molecule has 2 aromatic rings. The molecular formula is C24H21F5N4O4. The minimum atomic E-state index is -2.87. The Morgan fingerprint density at radius 1 is 1.19 bits per heavy atom. The number of hydrogen-bond donors (Lipinski definition) is 1. The predicted molar refractivity (Wildman–Crippen MR) is 119 cm³/mol. The summed E-state index contributed by atoms with van der Waals surface area (Å²) in [6.45, 7) is 0.429. The number of rotatable bonds is 4. The second kappa shape index (κ2) is 8.67. The van der Waals surface area contributed by atoms with Crippen molar-refractivity contribution < 1.29 is 36.4 Å². The summed E-state index contributed by atoms with van der Waals surface area (Å²) in [6.07, 6.45) is 0.0435. The van der Waals surface area contributed by atoms with Gasteiger partial charge in [-0.1, -0.05) is 5.16 Å². The zero-order chi connectivity index (χ0) is 26.7. The van der Waals surface area contributed by atoms with Crippen molar-refractivity contribution >= 4 is 18.0 Å². The third kappa shape index (κ3) is 3.87. The first-order chi connectivity index (χ1) is 17.5. The van der Waals surface area contributed by atoms with Crippen molar-refractivity contribution in [3.05, 3.63) is 68.9 Å². The Morgan fingerprint density at radius 2 is 1.89 bits per heavy atom. The Hall–Kier alpha value is -3.77. The lowest BCUT2D eigenvalue weighted by atomic mass is 9.84. The molecule has 1 fully saturated rings. The van der Waals surface area contributed by atoms with E-state index in [2.05, 4.69) is 10.5 Å². The lowest BCUT2D eigenvalue weighted by Gasteiger charge is -2.45. The molecule has 1 aromatic carbocycles. The first kappa shape index (κ1) is 24.9. The number of nitrogens with zero attached hydrogens (tertiary/aromatic N) is 3. The summed E-state index contributed by atoms with van der Waals surface area (Å²) in [6, 6.07) is 1.04. The van der Waals surface area contributed by atoms with Crippen LogP contribution in [0.3, 0.4) is 0 Å². The average molecular weight is 524 g/mol. The maximum atomic E-state index is 14.2. The van der Waals surface area contributed by atoms with Gasteiger partial charge in [0.1, 0.15) is 34.2 Å². The molecule has 1 saturated heterocycles. The van der Waals surface area contributed by atoms with Crippen LogP contribution < -0.4 is 10.7 Å². The van der Waals surface area contributed by atoms with Crippen molar-refractivity contribution in [3.63, 3.8) is 0 Å². The van der Waals surface area contributed by atoms with Crippen LogP contribution in [0.5, 0.6) is 0 Å². The van der Waals surface area contributed by atoms with Gasteiger partial charge in [0.15, 0.2) is 11.0 Å². The van der Waals surface area contributed by atoms with Crippen LogP contribution in [0.4, 0.5) is 22.0 Å². The number of hydrogen-bond acceptors (Lipinski definition) is 5. The van der Waals surface area contributed by atoms with E-state index in [-0.39, 0.29) is 31.5 Å². The van der Waals surface area contributed by atoms with E-state index in [1.807, 2.05) is 0 Å².